The minimum atomic E-state index is 0.749. The van der Waals surface area contributed by atoms with Crippen molar-refractivity contribution in [2.45, 2.75) is 18.8 Å². The summed E-state index contributed by atoms with van der Waals surface area (Å²) in [7, 11) is 1.70. The molecule has 1 aliphatic carbocycles. The van der Waals surface area contributed by atoms with E-state index < -0.39 is 0 Å². The highest BCUT2D eigenvalue weighted by molar-refractivity contribution is 7.18. The Morgan fingerprint density at radius 3 is 3.00 bits per heavy atom. The first-order valence-corrected chi connectivity index (χ1v) is 5.63. The van der Waals surface area contributed by atoms with Gasteiger partial charge in [0.25, 0.3) is 0 Å². The molecule has 1 aromatic carbocycles. The van der Waals surface area contributed by atoms with Crippen molar-refractivity contribution in [3.63, 3.8) is 0 Å². The van der Waals surface area contributed by atoms with Crippen LogP contribution < -0.4 is 4.74 Å². The highest BCUT2D eigenvalue weighted by atomic mass is 32.1. The minimum absolute atomic E-state index is 0.749. The van der Waals surface area contributed by atoms with Crippen LogP contribution in [-0.2, 0) is 0 Å². The van der Waals surface area contributed by atoms with Crippen LogP contribution in [-0.4, -0.2) is 12.1 Å². The van der Waals surface area contributed by atoms with Crippen LogP contribution in [0.15, 0.2) is 18.2 Å². The first-order valence-electron chi connectivity index (χ1n) is 4.81. The third-order valence-corrected chi connectivity index (χ3v) is 3.72. The van der Waals surface area contributed by atoms with Gasteiger partial charge in [-0.15, -0.1) is 11.3 Å². The van der Waals surface area contributed by atoms with Gasteiger partial charge in [-0.3, -0.25) is 0 Å². The summed E-state index contributed by atoms with van der Waals surface area (Å²) in [5.74, 6) is 1.67. The van der Waals surface area contributed by atoms with Crippen LogP contribution in [0.1, 0.15) is 23.8 Å². The predicted octanol–water partition coefficient (Wildman–Crippen LogP) is 3.18. The molecule has 0 unspecified atom stereocenters. The predicted molar refractivity (Wildman–Crippen MR) is 58.1 cm³/mol. The lowest BCUT2D eigenvalue weighted by Crippen LogP contribution is -1.80. The molecule has 1 aliphatic rings. The highest BCUT2D eigenvalue weighted by Crippen LogP contribution is 2.43. The van der Waals surface area contributed by atoms with E-state index in [2.05, 4.69) is 11.1 Å². The van der Waals surface area contributed by atoms with Gasteiger partial charge in [0, 0.05) is 5.92 Å². The van der Waals surface area contributed by atoms with Gasteiger partial charge in [0.05, 0.1) is 22.3 Å². The summed E-state index contributed by atoms with van der Waals surface area (Å²) in [6.07, 6.45) is 2.63. The molecule has 1 aromatic heterocycles. The Bertz CT molecular complexity index is 473. The number of benzene rings is 1. The number of hydrogen-bond donors (Lipinski definition) is 0. The fraction of sp³-hybridized carbons (Fsp3) is 0.364. The molecule has 1 fully saturated rings. The molecule has 0 bridgehead atoms. The molecule has 1 heterocycles. The Hall–Kier alpha value is -1.09. The summed E-state index contributed by atoms with van der Waals surface area (Å²) in [4.78, 5) is 4.61. The first-order chi connectivity index (χ1) is 6.86. The molecule has 14 heavy (non-hydrogen) atoms. The Morgan fingerprint density at radius 2 is 2.29 bits per heavy atom. The standard InChI is InChI=1S/C11H11NOS/c1-13-8-4-5-9-10(6-8)14-11(12-9)7-2-3-7/h4-7H,2-3H2,1H3. The molecule has 0 aliphatic heterocycles. The van der Waals surface area contributed by atoms with E-state index in [1.165, 1.54) is 22.5 Å². The summed E-state index contributed by atoms with van der Waals surface area (Å²) in [5, 5.41) is 1.30. The van der Waals surface area contributed by atoms with Crippen LogP contribution in [0.2, 0.25) is 0 Å². The molecular weight excluding hydrogens is 194 g/mol. The number of methoxy groups -OCH3 is 1. The summed E-state index contributed by atoms with van der Waals surface area (Å²) in [5.41, 5.74) is 1.11. The summed E-state index contributed by atoms with van der Waals surface area (Å²) < 4.78 is 6.43. The van der Waals surface area contributed by atoms with Crippen molar-refractivity contribution >= 4 is 21.6 Å². The molecule has 0 atom stereocenters. The minimum Gasteiger partial charge on any atom is -0.497 e. The Labute approximate surface area is 86.5 Å². The van der Waals surface area contributed by atoms with Gasteiger partial charge in [-0.1, -0.05) is 0 Å². The SMILES string of the molecule is COc1ccc2nc(C3CC3)sc2c1. The monoisotopic (exact) mass is 205 g/mol. The zero-order valence-corrected chi connectivity index (χ0v) is 8.80. The van der Waals surface area contributed by atoms with Crippen molar-refractivity contribution < 1.29 is 4.74 Å². The number of thiazole rings is 1. The Kier molecular flexibility index (Phi) is 1.74. The van der Waals surface area contributed by atoms with E-state index in [9.17, 15) is 0 Å². The van der Waals surface area contributed by atoms with E-state index in [4.69, 9.17) is 4.74 Å². The second-order valence-corrected chi connectivity index (χ2v) is 4.72. The van der Waals surface area contributed by atoms with E-state index in [-0.39, 0.29) is 0 Å². The quantitative estimate of drug-likeness (QED) is 0.751. The van der Waals surface area contributed by atoms with Crippen molar-refractivity contribution in [2.75, 3.05) is 7.11 Å². The lowest BCUT2D eigenvalue weighted by atomic mass is 10.3. The molecule has 2 aromatic rings. The molecule has 2 nitrogen and oxygen atoms in total. The molecule has 0 spiro atoms. The molecule has 0 saturated heterocycles. The van der Waals surface area contributed by atoms with Gasteiger partial charge in [-0.05, 0) is 31.0 Å². The molecular formula is C11H11NOS. The smallest absolute Gasteiger partial charge is 0.120 e. The largest absolute Gasteiger partial charge is 0.497 e. The van der Waals surface area contributed by atoms with Crippen LogP contribution in [0.5, 0.6) is 5.75 Å². The second-order valence-electron chi connectivity index (χ2n) is 3.66. The zero-order chi connectivity index (χ0) is 9.54. The Balaban J connectivity index is 2.12. The van der Waals surface area contributed by atoms with Crippen molar-refractivity contribution in [3.8, 4) is 5.75 Å². The van der Waals surface area contributed by atoms with E-state index in [1.54, 1.807) is 18.4 Å². The summed E-state index contributed by atoms with van der Waals surface area (Å²) in [6, 6.07) is 6.08. The first kappa shape index (κ1) is 8.24. The van der Waals surface area contributed by atoms with Gasteiger partial charge in [-0.25, -0.2) is 4.98 Å². The zero-order valence-electron chi connectivity index (χ0n) is 7.99. The average Bonchev–Trinajstić information content (AvgIpc) is 2.97. The number of rotatable bonds is 2. The normalized spacial score (nSPS) is 16.1. The third-order valence-electron chi connectivity index (χ3n) is 2.54. The van der Waals surface area contributed by atoms with Crippen LogP contribution in [0.4, 0.5) is 0 Å². The van der Waals surface area contributed by atoms with E-state index in [1.807, 2.05) is 12.1 Å². The summed E-state index contributed by atoms with van der Waals surface area (Å²) >= 11 is 1.81. The van der Waals surface area contributed by atoms with Crippen LogP contribution in [0.25, 0.3) is 10.2 Å². The highest BCUT2D eigenvalue weighted by Gasteiger charge is 2.26. The van der Waals surface area contributed by atoms with Crippen molar-refractivity contribution in [1.29, 1.82) is 0 Å². The number of ether oxygens (including phenoxy) is 1. The van der Waals surface area contributed by atoms with Gasteiger partial charge in [0.1, 0.15) is 5.75 Å². The fourth-order valence-electron chi connectivity index (χ4n) is 1.55. The van der Waals surface area contributed by atoms with Crippen molar-refractivity contribution in [1.82, 2.24) is 4.98 Å². The van der Waals surface area contributed by atoms with E-state index in [0.717, 1.165) is 17.2 Å². The van der Waals surface area contributed by atoms with Gasteiger partial charge in [0.2, 0.25) is 0 Å². The topological polar surface area (TPSA) is 22.1 Å². The fourth-order valence-corrected chi connectivity index (χ4v) is 2.72. The molecule has 72 valence electrons. The molecule has 3 heteroatoms. The van der Waals surface area contributed by atoms with Crippen molar-refractivity contribution in [3.05, 3.63) is 23.2 Å². The average molecular weight is 205 g/mol. The van der Waals surface area contributed by atoms with Gasteiger partial charge < -0.3 is 4.74 Å². The molecule has 0 N–H and O–H groups in total. The van der Waals surface area contributed by atoms with Gasteiger partial charge in [0.15, 0.2) is 0 Å². The van der Waals surface area contributed by atoms with Crippen molar-refractivity contribution in [2.24, 2.45) is 0 Å². The molecule has 1 saturated carbocycles. The number of hydrogen-bond acceptors (Lipinski definition) is 3. The number of fused-ring (bicyclic) bond motifs is 1. The molecule has 0 amide bonds. The molecule has 0 radical (unpaired) electrons. The maximum absolute atomic E-state index is 5.19. The maximum atomic E-state index is 5.19. The van der Waals surface area contributed by atoms with E-state index >= 15 is 0 Å². The van der Waals surface area contributed by atoms with Gasteiger partial charge in [-0.2, -0.15) is 0 Å². The van der Waals surface area contributed by atoms with Crippen LogP contribution in [0, 0.1) is 0 Å². The van der Waals surface area contributed by atoms with Gasteiger partial charge >= 0.3 is 0 Å². The lowest BCUT2D eigenvalue weighted by Gasteiger charge is -1.96. The summed E-state index contributed by atoms with van der Waals surface area (Å²) in [6.45, 7) is 0. The van der Waals surface area contributed by atoms with E-state index in [0.29, 0.717) is 0 Å². The van der Waals surface area contributed by atoms with Crippen LogP contribution >= 0.6 is 11.3 Å². The lowest BCUT2D eigenvalue weighted by molar-refractivity contribution is 0.415. The molecule has 3 rings (SSSR count). The van der Waals surface area contributed by atoms with Crippen LogP contribution in [0.3, 0.4) is 0 Å². The second kappa shape index (κ2) is 2.95. The third kappa shape index (κ3) is 1.28. The Morgan fingerprint density at radius 1 is 1.43 bits per heavy atom. The number of aromatic nitrogens is 1. The number of nitrogens with zero attached hydrogens (tertiary/aromatic N) is 1. The maximum Gasteiger partial charge on any atom is 0.120 e.